The molecule has 0 heterocycles. The molecule has 0 saturated heterocycles. The van der Waals surface area contributed by atoms with E-state index in [-0.39, 0.29) is 5.41 Å². The van der Waals surface area contributed by atoms with Gasteiger partial charge in [0.2, 0.25) is 0 Å². The summed E-state index contributed by atoms with van der Waals surface area (Å²) in [7, 11) is 11.5. The van der Waals surface area contributed by atoms with Gasteiger partial charge in [0.05, 0.1) is 7.11 Å². The second kappa shape index (κ2) is 7.65. The Hall–Kier alpha value is 0.366. The number of ether oxygens (including phenoxy) is 1. The Bertz CT molecular complexity index is 321. The molecular formula is C12H17Cl2MgO. The van der Waals surface area contributed by atoms with Crippen LogP contribution in [0.5, 0.6) is 5.75 Å². The molecule has 0 aliphatic heterocycles. The van der Waals surface area contributed by atoms with Gasteiger partial charge < -0.3 is 22.9 Å². The molecule has 1 aromatic carbocycles. The van der Waals surface area contributed by atoms with Crippen LogP contribution in [0.15, 0.2) is 18.2 Å². The molecule has 0 fully saturated rings. The van der Waals surface area contributed by atoms with E-state index in [1.165, 1.54) is 5.56 Å². The zero-order chi connectivity index (χ0) is 12.8. The van der Waals surface area contributed by atoms with Crippen LogP contribution >= 0.6 is 18.1 Å². The van der Waals surface area contributed by atoms with Gasteiger partial charge >= 0.3 is 18.2 Å². The van der Waals surface area contributed by atoms with Crippen LogP contribution in [-0.4, -0.2) is 25.3 Å². The van der Waals surface area contributed by atoms with Crippen LogP contribution in [0.4, 0.5) is 0 Å². The molecule has 1 radical (unpaired) electrons. The minimum absolute atomic E-state index is 0.131. The summed E-state index contributed by atoms with van der Waals surface area (Å²) < 4.78 is 5.18. The zero-order valence-electron chi connectivity index (χ0n) is 10.3. The highest BCUT2D eigenvalue weighted by molar-refractivity contribution is 7.22. The summed E-state index contributed by atoms with van der Waals surface area (Å²) in [5, 5.41) is 0. The quantitative estimate of drug-likeness (QED) is 0.697. The summed E-state index contributed by atoms with van der Waals surface area (Å²) in [6.45, 7) is 10.5. The van der Waals surface area contributed by atoms with Gasteiger partial charge in [0, 0.05) is 0 Å². The molecule has 87 valence electrons. The predicted molar refractivity (Wildman–Crippen MR) is 73.6 cm³/mol. The molecule has 0 spiro atoms. The number of methoxy groups -OCH3 is 1. The zero-order valence-corrected chi connectivity index (χ0v) is 13.2. The SMILES string of the molecule is [CH2]c1ccc(OC)cc1C(C)(C)C.[Cl][Mg][Cl]. The minimum atomic E-state index is -0.639. The van der Waals surface area contributed by atoms with Gasteiger partial charge in [-0.2, -0.15) is 0 Å². The van der Waals surface area contributed by atoms with Gasteiger partial charge in [0.25, 0.3) is 0 Å². The first-order chi connectivity index (χ1) is 7.36. The molecule has 0 amide bonds. The highest BCUT2D eigenvalue weighted by atomic mass is 35.6. The van der Waals surface area contributed by atoms with Gasteiger partial charge in [-0.05, 0) is 35.6 Å². The van der Waals surface area contributed by atoms with Gasteiger partial charge in [-0.1, -0.05) is 26.8 Å². The molecule has 4 heteroatoms. The molecule has 0 unspecified atom stereocenters. The number of benzene rings is 1. The summed E-state index contributed by atoms with van der Waals surface area (Å²) in [4.78, 5) is 0. The second-order valence-corrected chi connectivity index (χ2v) is 7.00. The molecule has 0 N–H and O–H groups in total. The summed E-state index contributed by atoms with van der Waals surface area (Å²) in [5.41, 5.74) is 2.45. The lowest BCUT2D eigenvalue weighted by Gasteiger charge is -2.22. The van der Waals surface area contributed by atoms with Crippen molar-refractivity contribution in [3.63, 3.8) is 0 Å². The van der Waals surface area contributed by atoms with Gasteiger partial charge in [-0.25, -0.2) is 0 Å². The Labute approximate surface area is 116 Å². The van der Waals surface area contributed by atoms with E-state index in [1.807, 2.05) is 12.1 Å². The Morgan fingerprint density at radius 1 is 1.25 bits per heavy atom. The fraction of sp³-hybridized carbons (Fsp3) is 0.417. The van der Waals surface area contributed by atoms with E-state index >= 15 is 0 Å². The molecular weight excluding hydrogens is 255 g/mol. The topological polar surface area (TPSA) is 9.23 Å². The number of rotatable bonds is 1. The summed E-state index contributed by atoms with van der Waals surface area (Å²) in [5.74, 6) is 0.900. The Morgan fingerprint density at radius 3 is 2.12 bits per heavy atom. The molecule has 0 aliphatic rings. The third-order valence-electron chi connectivity index (χ3n) is 2.13. The number of halogens is 2. The van der Waals surface area contributed by atoms with Crippen LogP contribution in [0.2, 0.25) is 0 Å². The van der Waals surface area contributed by atoms with Crippen molar-refractivity contribution < 1.29 is 4.74 Å². The fourth-order valence-corrected chi connectivity index (χ4v) is 1.38. The van der Waals surface area contributed by atoms with Crippen molar-refractivity contribution in [2.75, 3.05) is 7.11 Å². The van der Waals surface area contributed by atoms with E-state index in [9.17, 15) is 0 Å². The third-order valence-corrected chi connectivity index (χ3v) is 2.13. The second-order valence-electron chi connectivity index (χ2n) is 4.37. The molecule has 1 rings (SSSR count). The van der Waals surface area contributed by atoms with Crippen molar-refractivity contribution in [1.29, 1.82) is 0 Å². The van der Waals surface area contributed by atoms with Crippen molar-refractivity contribution in [2.24, 2.45) is 0 Å². The maximum absolute atomic E-state index is 5.18. The van der Waals surface area contributed by atoms with Crippen molar-refractivity contribution in [3.05, 3.63) is 36.2 Å². The van der Waals surface area contributed by atoms with Gasteiger partial charge in [0.15, 0.2) is 0 Å². The molecule has 0 bridgehead atoms. The Balaban J connectivity index is 0.000000673. The van der Waals surface area contributed by atoms with Crippen molar-refractivity contribution in [2.45, 2.75) is 26.2 Å². The summed E-state index contributed by atoms with van der Waals surface area (Å²) >= 11 is -0.639. The lowest BCUT2D eigenvalue weighted by Crippen LogP contribution is -2.13. The maximum Gasteiger partial charge on any atom is 0.618 e. The van der Waals surface area contributed by atoms with Crippen molar-refractivity contribution in [1.82, 2.24) is 0 Å². The molecule has 0 atom stereocenters. The van der Waals surface area contributed by atoms with E-state index in [2.05, 4.69) is 33.8 Å². The normalized spacial score (nSPS) is 9.94. The molecule has 0 saturated carbocycles. The molecule has 1 aromatic rings. The predicted octanol–water partition coefficient (Wildman–Crippen LogP) is 4.17. The standard InChI is InChI=1S/C12H17O.2ClH.Mg/c1-9-6-7-10(13-5)8-11(9)12(2,3)4;;;/h6-8H,1H2,2-5H3;2*1H;/q;;;+2/p-2. The average Bonchev–Trinajstić information content (AvgIpc) is 2.18. The van der Waals surface area contributed by atoms with E-state index < -0.39 is 18.2 Å². The lowest BCUT2D eigenvalue weighted by atomic mass is 9.84. The Kier molecular flexibility index (Phi) is 7.82. The third kappa shape index (κ3) is 5.62. The maximum atomic E-state index is 5.18. The van der Waals surface area contributed by atoms with Crippen molar-refractivity contribution >= 4 is 36.3 Å². The van der Waals surface area contributed by atoms with Crippen LogP contribution in [0.1, 0.15) is 31.9 Å². The van der Waals surface area contributed by atoms with Crippen LogP contribution < -0.4 is 4.74 Å². The first kappa shape index (κ1) is 16.4. The minimum Gasteiger partial charge on any atom is -0.497 e. The highest BCUT2D eigenvalue weighted by Gasteiger charge is 2.16. The van der Waals surface area contributed by atoms with E-state index in [1.54, 1.807) is 7.11 Å². The lowest BCUT2D eigenvalue weighted by molar-refractivity contribution is 0.412. The van der Waals surface area contributed by atoms with Gasteiger partial charge in [-0.15, -0.1) is 0 Å². The fourth-order valence-electron chi connectivity index (χ4n) is 1.38. The largest absolute Gasteiger partial charge is 0.618 e. The number of hydrogen-bond donors (Lipinski definition) is 0. The monoisotopic (exact) mass is 271 g/mol. The highest BCUT2D eigenvalue weighted by Crippen LogP contribution is 2.28. The molecule has 0 aromatic heterocycles. The first-order valence-corrected chi connectivity index (χ1v) is 9.26. The smallest absolute Gasteiger partial charge is 0.497 e. The van der Waals surface area contributed by atoms with Crippen LogP contribution in [0.25, 0.3) is 0 Å². The molecule has 1 nitrogen and oxygen atoms in total. The summed E-state index contributed by atoms with van der Waals surface area (Å²) in [6.07, 6.45) is 0. The molecule has 0 aliphatic carbocycles. The molecule has 16 heavy (non-hydrogen) atoms. The first-order valence-electron chi connectivity index (χ1n) is 4.99. The van der Waals surface area contributed by atoms with E-state index in [0.29, 0.717) is 0 Å². The van der Waals surface area contributed by atoms with Crippen LogP contribution in [0.3, 0.4) is 0 Å². The van der Waals surface area contributed by atoms with Gasteiger partial charge in [-0.3, -0.25) is 0 Å². The average molecular weight is 272 g/mol. The van der Waals surface area contributed by atoms with Crippen LogP contribution in [-0.2, 0) is 5.41 Å². The van der Waals surface area contributed by atoms with E-state index in [4.69, 9.17) is 22.9 Å². The summed E-state index contributed by atoms with van der Waals surface area (Å²) in [6, 6.07) is 6.00. The van der Waals surface area contributed by atoms with Crippen molar-refractivity contribution in [3.8, 4) is 5.75 Å². The van der Waals surface area contributed by atoms with Crippen LogP contribution in [0, 0.1) is 6.92 Å². The Morgan fingerprint density at radius 2 is 1.75 bits per heavy atom. The van der Waals surface area contributed by atoms with E-state index in [0.717, 1.165) is 11.3 Å². The number of hydrogen-bond acceptors (Lipinski definition) is 1. The van der Waals surface area contributed by atoms with Gasteiger partial charge in [0.1, 0.15) is 5.75 Å².